The molecule has 2 aliphatic rings. The Hall–Kier alpha value is -1.12. The summed E-state index contributed by atoms with van der Waals surface area (Å²) in [7, 11) is 3.79. The van der Waals surface area contributed by atoms with Crippen LogP contribution < -0.4 is 0 Å². The van der Waals surface area contributed by atoms with Crippen molar-refractivity contribution in [3.8, 4) is 0 Å². The first-order valence-corrected chi connectivity index (χ1v) is 8.49. The molecule has 0 aromatic heterocycles. The van der Waals surface area contributed by atoms with E-state index >= 15 is 0 Å². The number of ether oxygens (including phenoxy) is 2. The van der Waals surface area contributed by atoms with Gasteiger partial charge >= 0.3 is 0 Å². The zero-order chi connectivity index (χ0) is 16.4. The van der Waals surface area contributed by atoms with Gasteiger partial charge in [-0.05, 0) is 5.56 Å². The molecule has 1 aromatic carbocycles. The van der Waals surface area contributed by atoms with Crippen LogP contribution in [0, 0.1) is 0 Å². The van der Waals surface area contributed by atoms with Gasteiger partial charge in [-0.3, -0.25) is 4.99 Å². The molecule has 6 nitrogen and oxygen atoms in total. The summed E-state index contributed by atoms with van der Waals surface area (Å²) in [5.41, 5.74) is 0.779. The van der Waals surface area contributed by atoms with Crippen LogP contribution >= 0.6 is 11.8 Å². The SMILES string of the molecule is CN(C)C1=NC2C(OC(COCc3ccccc3)C(O)C2O)S1. The van der Waals surface area contributed by atoms with Gasteiger partial charge in [0.2, 0.25) is 0 Å². The van der Waals surface area contributed by atoms with Crippen molar-refractivity contribution < 1.29 is 19.7 Å². The summed E-state index contributed by atoms with van der Waals surface area (Å²) >= 11 is 1.47. The minimum absolute atomic E-state index is 0.230. The standard InChI is InChI=1S/C16H22N2O4S/c1-18(2)16-17-12-14(20)13(19)11(22-15(12)23-16)9-21-8-10-6-4-3-5-7-10/h3-7,11-15,19-20H,8-9H2,1-2H3. The number of nitrogens with zero attached hydrogens (tertiary/aromatic N) is 2. The second-order valence-corrected chi connectivity index (χ2v) is 7.00. The highest BCUT2D eigenvalue weighted by atomic mass is 32.2. The van der Waals surface area contributed by atoms with Gasteiger partial charge in [0, 0.05) is 14.1 Å². The van der Waals surface area contributed by atoms with Crippen LogP contribution in [-0.2, 0) is 16.1 Å². The number of benzene rings is 1. The molecule has 0 radical (unpaired) electrons. The zero-order valence-electron chi connectivity index (χ0n) is 13.2. The molecule has 5 unspecified atom stereocenters. The van der Waals surface area contributed by atoms with E-state index in [9.17, 15) is 10.2 Å². The van der Waals surface area contributed by atoms with Gasteiger partial charge in [0.05, 0.1) is 13.2 Å². The number of amidine groups is 1. The van der Waals surface area contributed by atoms with Crippen LogP contribution in [0.2, 0.25) is 0 Å². The third-order valence-electron chi connectivity index (χ3n) is 3.93. The van der Waals surface area contributed by atoms with Crippen molar-refractivity contribution in [3.63, 3.8) is 0 Å². The first kappa shape index (κ1) is 16.7. The summed E-state index contributed by atoms with van der Waals surface area (Å²) in [4.78, 5) is 6.31. The molecule has 1 saturated heterocycles. The van der Waals surface area contributed by atoms with Gasteiger partial charge in [0.25, 0.3) is 0 Å². The maximum absolute atomic E-state index is 10.3. The smallest absolute Gasteiger partial charge is 0.161 e. The number of hydrogen-bond donors (Lipinski definition) is 2. The third-order valence-corrected chi connectivity index (χ3v) is 5.23. The lowest BCUT2D eigenvalue weighted by Crippen LogP contribution is -2.56. The molecule has 3 rings (SSSR count). The molecular weight excluding hydrogens is 316 g/mol. The van der Waals surface area contributed by atoms with Gasteiger partial charge < -0.3 is 24.6 Å². The van der Waals surface area contributed by atoms with Crippen LogP contribution in [0.25, 0.3) is 0 Å². The van der Waals surface area contributed by atoms with Crippen molar-refractivity contribution >= 4 is 16.9 Å². The number of hydrogen-bond acceptors (Lipinski definition) is 7. The molecule has 1 fully saturated rings. The fourth-order valence-corrected chi connectivity index (χ4v) is 3.80. The molecule has 23 heavy (non-hydrogen) atoms. The van der Waals surface area contributed by atoms with Crippen molar-refractivity contribution in [3.05, 3.63) is 35.9 Å². The minimum Gasteiger partial charge on any atom is -0.388 e. The summed E-state index contributed by atoms with van der Waals surface area (Å²) in [6.45, 7) is 0.679. The van der Waals surface area contributed by atoms with E-state index < -0.39 is 24.4 Å². The molecule has 0 bridgehead atoms. The molecule has 0 aliphatic carbocycles. The Morgan fingerprint density at radius 2 is 1.96 bits per heavy atom. The first-order chi connectivity index (χ1) is 11.1. The average Bonchev–Trinajstić information content (AvgIpc) is 2.97. The molecule has 126 valence electrons. The number of thioether (sulfide) groups is 1. The summed E-state index contributed by atoms with van der Waals surface area (Å²) in [6.07, 6.45) is -2.50. The molecule has 0 saturated carbocycles. The number of aliphatic imine (C=N–C) groups is 1. The Balaban J connectivity index is 1.56. The lowest BCUT2D eigenvalue weighted by atomic mass is 9.99. The summed E-state index contributed by atoms with van der Waals surface area (Å²) in [5.74, 6) is 0. The molecule has 1 aromatic rings. The van der Waals surface area contributed by atoms with Gasteiger partial charge in [-0.1, -0.05) is 42.1 Å². The first-order valence-electron chi connectivity index (χ1n) is 7.61. The van der Waals surface area contributed by atoms with Crippen LogP contribution in [-0.4, -0.2) is 70.8 Å². The molecule has 2 heterocycles. The molecule has 2 aliphatic heterocycles. The monoisotopic (exact) mass is 338 g/mol. The van der Waals surface area contributed by atoms with Gasteiger partial charge in [0.15, 0.2) is 5.17 Å². The van der Waals surface area contributed by atoms with E-state index in [1.54, 1.807) is 0 Å². The Morgan fingerprint density at radius 3 is 2.65 bits per heavy atom. The van der Waals surface area contributed by atoms with Crippen molar-refractivity contribution in [1.29, 1.82) is 0 Å². The molecule has 7 heteroatoms. The maximum atomic E-state index is 10.3. The van der Waals surface area contributed by atoms with E-state index in [0.717, 1.165) is 10.7 Å². The molecular formula is C16H22N2O4S. The van der Waals surface area contributed by atoms with Crippen molar-refractivity contribution in [2.24, 2.45) is 4.99 Å². The van der Waals surface area contributed by atoms with Crippen LogP contribution in [0.1, 0.15) is 5.56 Å². The highest BCUT2D eigenvalue weighted by Crippen LogP contribution is 2.37. The van der Waals surface area contributed by atoms with E-state index in [-0.39, 0.29) is 12.0 Å². The quantitative estimate of drug-likeness (QED) is 0.841. The predicted octanol–water partition coefficient (Wildman–Crippen LogP) is 0.683. The van der Waals surface area contributed by atoms with Crippen LogP contribution in [0.4, 0.5) is 0 Å². The maximum Gasteiger partial charge on any atom is 0.161 e. The topological polar surface area (TPSA) is 74.5 Å². The third kappa shape index (κ3) is 3.70. The van der Waals surface area contributed by atoms with E-state index in [2.05, 4.69) is 4.99 Å². The van der Waals surface area contributed by atoms with E-state index in [0.29, 0.717) is 6.61 Å². The fraction of sp³-hybridized carbons (Fsp3) is 0.562. The Bertz CT molecular complexity index is 554. The highest BCUT2D eigenvalue weighted by Gasteiger charge is 2.48. The molecule has 0 amide bonds. The van der Waals surface area contributed by atoms with Crippen molar-refractivity contribution in [2.45, 2.75) is 36.4 Å². The zero-order valence-corrected chi connectivity index (χ0v) is 14.0. The summed E-state index contributed by atoms with van der Waals surface area (Å²) in [6, 6.07) is 9.38. The molecule has 5 atom stereocenters. The number of fused-ring (bicyclic) bond motifs is 1. The summed E-state index contributed by atoms with van der Waals surface area (Å²) in [5, 5.41) is 21.4. The second kappa shape index (κ2) is 7.19. The van der Waals surface area contributed by atoms with Gasteiger partial charge in [-0.15, -0.1) is 0 Å². The number of aliphatic hydroxyl groups is 2. The Morgan fingerprint density at radius 1 is 1.22 bits per heavy atom. The number of rotatable bonds is 4. The van der Waals surface area contributed by atoms with Crippen molar-refractivity contribution in [2.75, 3.05) is 20.7 Å². The van der Waals surface area contributed by atoms with Crippen LogP contribution in [0.3, 0.4) is 0 Å². The van der Waals surface area contributed by atoms with Gasteiger partial charge in [-0.2, -0.15) is 0 Å². The lowest BCUT2D eigenvalue weighted by molar-refractivity contribution is -0.171. The number of aliphatic hydroxyl groups excluding tert-OH is 2. The average molecular weight is 338 g/mol. The Kier molecular flexibility index (Phi) is 5.23. The lowest BCUT2D eigenvalue weighted by Gasteiger charge is -2.38. The van der Waals surface area contributed by atoms with E-state index in [1.807, 2.05) is 49.3 Å². The summed E-state index contributed by atoms with van der Waals surface area (Å²) < 4.78 is 11.5. The van der Waals surface area contributed by atoms with Gasteiger partial charge in [0.1, 0.15) is 29.8 Å². The van der Waals surface area contributed by atoms with Crippen LogP contribution in [0.15, 0.2) is 35.3 Å². The molecule has 0 spiro atoms. The van der Waals surface area contributed by atoms with Crippen molar-refractivity contribution in [1.82, 2.24) is 4.90 Å². The minimum atomic E-state index is -1.00. The molecule has 2 N–H and O–H groups in total. The largest absolute Gasteiger partial charge is 0.388 e. The predicted molar refractivity (Wildman–Crippen MR) is 89.3 cm³/mol. The Labute approximate surface area is 140 Å². The normalized spacial score (nSPS) is 33.2. The van der Waals surface area contributed by atoms with Gasteiger partial charge in [-0.25, -0.2) is 0 Å². The van der Waals surface area contributed by atoms with E-state index in [1.165, 1.54) is 11.8 Å². The second-order valence-electron chi connectivity index (χ2n) is 5.94. The fourth-order valence-electron chi connectivity index (χ4n) is 2.64. The van der Waals surface area contributed by atoms with E-state index in [4.69, 9.17) is 9.47 Å². The van der Waals surface area contributed by atoms with Crippen LogP contribution in [0.5, 0.6) is 0 Å². The highest BCUT2D eigenvalue weighted by molar-refractivity contribution is 8.14.